The molecular formula is C14H17FN2O3. The summed E-state index contributed by atoms with van der Waals surface area (Å²) in [6.07, 6.45) is 2.02. The van der Waals surface area contributed by atoms with Crippen molar-refractivity contribution in [3.63, 3.8) is 0 Å². The second-order valence-corrected chi connectivity index (χ2v) is 4.91. The van der Waals surface area contributed by atoms with Gasteiger partial charge < -0.3 is 15.7 Å². The molecule has 0 spiro atoms. The third-order valence-electron chi connectivity index (χ3n) is 3.45. The van der Waals surface area contributed by atoms with Crippen LogP contribution in [0.5, 0.6) is 0 Å². The normalized spacial score (nSPS) is 17.9. The minimum absolute atomic E-state index is 0.235. The summed E-state index contributed by atoms with van der Waals surface area (Å²) in [4.78, 5) is 22.8. The standard InChI is InChI=1S/C14H17FN2O3/c15-11-3-1-2-10(14(19)20)13(11)17-12(18)5-4-9-6-7-16-8-9/h1-3,9,16H,4-8H2,(H,17,18)(H,19,20). The number of carbonyl (C=O) groups is 2. The molecule has 6 heteroatoms. The Morgan fingerprint density at radius 2 is 2.25 bits per heavy atom. The van der Waals surface area contributed by atoms with Crippen LogP contribution in [0.1, 0.15) is 29.6 Å². The molecule has 1 aliphatic rings. The maximum absolute atomic E-state index is 13.6. The first kappa shape index (κ1) is 14.5. The maximum Gasteiger partial charge on any atom is 0.337 e. The molecule has 0 saturated carbocycles. The van der Waals surface area contributed by atoms with Gasteiger partial charge in [-0.1, -0.05) is 6.07 Å². The van der Waals surface area contributed by atoms with Gasteiger partial charge in [-0.2, -0.15) is 0 Å². The second kappa shape index (κ2) is 6.47. The molecule has 5 nitrogen and oxygen atoms in total. The first-order valence-electron chi connectivity index (χ1n) is 6.60. The fraction of sp³-hybridized carbons (Fsp3) is 0.429. The van der Waals surface area contributed by atoms with Crippen LogP contribution in [0.25, 0.3) is 0 Å². The number of halogens is 1. The van der Waals surface area contributed by atoms with Crippen LogP contribution in [0.4, 0.5) is 10.1 Å². The molecule has 1 amide bonds. The number of anilines is 1. The largest absolute Gasteiger partial charge is 0.478 e. The molecule has 1 aromatic carbocycles. The van der Waals surface area contributed by atoms with Gasteiger partial charge in [-0.3, -0.25) is 4.79 Å². The Morgan fingerprint density at radius 1 is 1.45 bits per heavy atom. The van der Waals surface area contributed by atoms with Crippen molar-refractivity contribution in [1.82, 2.24) is 5.32 Å². The Bertz CT molecular complexity index is 513. The molecule has 1 saturated heterocycles. The second-order valence-electron chi connectivity index (χ2n) is 4.91. The average molecular weight is 280 g/mol. The number of nitrogens with one attached hydrogen (secondary N) is 2. The number of hydrogen-bond donors (Lipinski definition) is 3. The Balaban J connectivity index is 1.98. The average Bonchev–Trinajstić information content (AvgIpc) is 2.91. The molecule has 1 heterocycles. The molecule has 0 aromatic heterocycles. The van der Waals surface area contributed by atoms with Crippen LogP contribution < -0.4 is 10.6 Å². The van der Waals surface area contributed by atoms with Crippen molar-refractivity contribution in [3.05, 3.63) is 29.6 Å². The predicted molar refractivity (Wildman–Crippen MR) is 72.2 cm³/mol. The van der Waals surface area contributed by atoms with Gasteiger partial charge in [-0.05, 0) is 44.0 Å². The van der Waals surface area contributed by atoms with Crippen LogP contribution in [0.15, 0.2) is 18.2 Å². The van der Waals surface area contributed by atoms with E-state index in [4.69, 9.17) is 5.11 Å². The fourth-order valence-corrected chi connectivity index (χ4v) is 2.33. The van der Waals surface area contributed by atoms with Gasteiger partial charge in [-0.15, -0.1) is 0 Å². The Hall–Kier alpha value is -1.95. The molecular weight excluding hydrogens is 263 g/mol. The Labute approximate surface area is 116 Å². The molecule has 1 aliphatic heterocycles. The van der Waals surface area contributed by atoms with Gasteiger partial charge in [0.25, 0.3) is 0 Å². The zero-order valence-electron chi connectivity index (χ0n) is 11.0. The van der Waals surface area contributed by atoms with Gasteiger partial charge in [0.1, 0.15) is 5.82 Å². The minimum Gasteiger partial charge on any atom is -0.478 e. The number of aromatic carboxylic acids is 1. The summed E-state index contributed by atoms with van der Waals surface area (Å²) in [6.45, 7) is 1.86. The zero-order valence-corrected chi connectivity index (χ0v) is 11.0. The highest BCUT2D eigenvalue weighted by molar-refractivity contribution is 6.00. The van der Waals surface area contributed by atoms with E-state index in [1.165, 1.54) is 12.1 Å². The maximum atomic E-state index is 13.6. The number of hydrogen-bond acceptors (Lipinski definition) is 3. The van der Waals surface area contributed by atoms with Crippen LogP contribution in [0, 0.1) is 11.7 Å². The molecule has 0 bridgehead atoms. The van der Waals surface area contributed by atoms with E-state index in [1.54, 1.807) is 0 Å². The quantitative estimate of drug-likeness (QED) is 0.769. The fourth-order valence-electron chi connectivity index (χ4n) is 2.33. The van der Waals surface area contributed by atoms with E-state index in [1.807, 2.05) is 0 Å². The molecule has 2 rings (SSSR count). The molecule has 3 N–H and O–H groups in total. The highest BCUT2D eigenvalue weighted by atomic mass is 19.1. The van der Waals surface area contributed by atoms with Gasteiger partial charge in [0.05, 0.1) is 11.3 Å². The van der Waals surface area contributed by atoms with Crippen molar-refractivity contribution < 1.29 is 19.1 Å². The summed E-state index contributed by atoms with van der Waals surface area (Å²) >= 11 is 0. The SMILES string of the molecule is O=C(CCC1CCNC1)Nc1c(F)cccc1C(=O)O. The summed E-state index contributed by atoms with van der Waals surface area (Å²) in [7, 11) is 0. The highest BCUT2D eigenvalue weighted by Gasteiger charge is 2.19. The van der Waals surface area contributed by atoms with E-state index < -0.39 is 11.8 Å². The van der Waals surface area contributed by atoms with E-state index >= 15 is 0 Å². The van der Waals surface area contributed by atoms with Gasteiger partial charge >= 0.3 is 5.97 Å². The molecule has 1 atom stereocenters. The highest BCUT2D eigenvalue weighted by Crippen LogP contribution is 2.21. The van der Waals surface area contributed by atoms with Crippen molar-refractivity contribution in [3.8, 4) is 0 Å². The van der Waals surface area contributed by atoms with Gasteiger partial charge in [-0.25, -0.2) is 9.18 Å². The van der Waals surface area contributed by atoms with Crippen molar-refractivity contribution in [2.45, 2.75) is 19.3 Å². The molecule has 1 unspecified atom stereocenters. The van der Waals surface area contributed by atoms with E-state index in [0.29, 0.717) is 5.92 Å². The third-order valence-corrected chi connectivity index (χ3v) is 3.45. The summed E-state index contributed by atoms with van der Waals surface area (Å²) in [5, 5.41) is 14.6. The monoisotopic (exact) mass is 280 g/mol. The number of carboxylic acid groups (broad SMARTS) is 1. The Morgan fingerprint density at radius 3 is 2.90 bits per heavy atom. The topological polar surface area (TPSA) is 78.4 Å². The predicted octanol–water partition coefficient (Wildman–Crippen LogP) is 1.85. The number of amides is 1. The lowest BCUT2D eigenvalue weighted by atomic mass is 10.0. The number of carboxylic acids is 1. The first-order chi connectivity index (χ1) is 9.58. The third kappa shape index (κ3) is 3.54. The number of benzene rings is 1. The van der Waals surface area contributed by atoms with Crippen molar-refractivity contribution in [2.75, 3.05) is 18.4 Å². The molecule has 0 radical (unpaired) electrons. The summed E-state index contributed by atoms with van der Waals surface area (Å²) in [6, 6.07) is 3.70. The van der Waals surface area contributed by atoms with Crippen molar-refractivity contribution in [2.24, 2.45) is 5.92 Å². The van der Waals surface area contributed by atoms with E-state index in [9.17, 15) is 14.0 Å². The Kier molecular flexibility index (Phi) is 4.68. The number of para-hydroxylation sites is 1. The van der Waals surface area contributed by atoms with Crippen LogP contribution >= 0.6 is 0 Å². The van der Waals surface area contributed by atoms with Crippen LogP contribution in [-0.4, -0.2) is 30.1 Å². The molecule has 1 fully saturated rings. The molecule has 108 valence electrons. The van der Waals surface area contributed by atoms with Crippen molar-refractivity contribution in [1.29, 1.82) is 0 Å². The molecule has 1 aromatic rings. The number of carbonyl (C=O) groups excluding carboxylic acids is 1. The summed E-state index contributed by atoms with van der Waals surface area (Å²) < 4.78 is 13.6. The smallest absolute Gasteiger partial charge is 0.337 e. The van der Waals surface area contributed by atoms with E-state index in [2.05, 4.69) is 10.6 Å². The van der Waals surface area contributed by atoms with Crippen LogP contribution in [-0.2, 0) is 4.79 Å². The van der Waals surface area contributed by atoms with E-state index in [0.717, 1.165) is 32.0 Å². The van der Waals surface area contributed by atoms with Crippen LogP contribution in [0.2, 0.25) is 0 Å². The summed E-state index contributed by atoms with van der Waals surface area (Å²) in [5.41, 5.74) is -0.490. The van der Waals surface area contributed by atoms with Gasteiger partial charge in [0.15, 0.2) is 0 Å². The number of rotatable bonds is 5. The zero-order chi connectivity index (χ0) is 14.5. The first-order valence-corrected chi connectivity index (χ1v) is 6.60. The summed E-state index contributed by atoms with van der Waals surface area (Å²) in [5.74, 6) is -1.90. The lowest BCUT2D eigenvalue weighted by molar-refractivity contribution is -0.116. The van der Waals surface area contributed by atoms with Gasteiger partial charge in [0.2, 0.25) is 5.91 Å². The molecule has 0 aliphatic carbocycles. The minimum atomic E-state index is -1.26. The lowest BCUT2D eigenvalue weighted by Crippen LogP contribution is -2.17. The van der Waals surface area contributed by atoms with E-state index in [-0.39, 0.29) is 23.6 Å². The van der Waals surface area contributed by atoms with Gasteiger partial charge in [0, 0.05) is 6.42 Å². The lowest BCUT2D eigenvalue weighted by Gasteiger charge is -2.11. The van der Waals surface area contributed by atoms with Crippen LogP contribution in [0.3, 0.4) is 0 Å². The van der Waals surface area contributed by atoms with Crippen molar-refractivity contribution >= 4 is 17.6 Å². The molecule has 20 heavy (non-hydrogen) atoms.